The van der Waals surface area contributed by atoms with Crippen LogP contribution in [0.3, 0.4) is 0 Å². The first-order valence-electron chi connectivity index (χ1n) is 7.33. The predicted molar refractivity (Wildman–Crippen MR) is 82.7 cm³/mol. The largest absolute Gasteiger partial charge is 0.497 e. The maximum absolute atomic E-state index is 12.5. The highest BCUT2D eigenvalue weighted by Crippen LogP contribution is 2.27. The predicted octanol–water partition coefficient (Wildman–Crippen LogP) is 3.99. The second-order valence-corrected chi connectivity index (χ2v) is 5.14. The van der Waals surface area contributed by atoms with Crippen molar-refractivity contribution in [2.45, 2.75) is 25.6 Å². The molecule has 4 nitrogen and oxygen atoms in total. The van der Waals surface area contributed by atoms with Crippen molar-refractivity contribution in [3.8, 4) is 5.75 Å². The number of nitrogens with zero attached hydrogens (tertiary/aromatic N) is 1. The van der Waals surface area contributed by atoms with Crippen LogP contribution in [-0.2, 0) is 6.18 Å². The maximum atomic E-state index is 12.5. The van der Waals surface area contributed by atoms with Crippen molar-refractivity contribution in [3.05, 3.63) is 59.4 Å². The number of carbonyl (C=O) groups is 1. The number of rotatable bonds is 5. The molecule has 1 aromatic carbocycles. The Kier molecular flexibility index (Phi) is 5.43. The van der Waals surface area contributed by atoms with Crippen molar-refractivity contribution in [2.75, 3.05) is 7.11 Å². The normalized spacial score (nSPS) is 12.5. The Labute approximate surface area is 137 Å². The van der Waals surface area contributed by atoms with Crippen LogP contribution in [0.25, 0.3) is 0 Å². The molecule has 0 aliphatic heterocycles. The van der Waals surface area contributed by atoms with E-state index in [-0.39, 0.29) is 11.6 Å². The van der Waals surface area contributed by atoms with Gasteiger partial charge in [-0.05, 0) is 36.2 Å². The van der Waals surface area contributed by atoms with Gasteiger partial charge in [0.25, 0.3) is 5.91 Å². The fraction of sp³-hybridized carbons (Fsp3) is 0.294. The molecule has 0 spiro atoms. The highest BCUT2D eigenvalue weighted by molar-refractivity contribution is 5.94. The summed E-state index contributed by atoms with van der Waals surface area (Å²) in [5.74, 6) is 0.228. The molecule has 1 atom stereocenters. The third-order valence-electron chi connectivity index (χ3n) is 3.55. The molecule has 1 unspecified atom stereocenters. The van der Waals surface area contributed by atoms with Gasteiger partial charge in [0.1, 0.15) is 11.4 Å². The molecule has 1 N–H and O–H groups in total. The van der Waals surface area contributed by atoms with Crippen LogP contribution in [0.2, 0.25) is 0 Å². The molecule has 1 heterocycles. The summed E-state index contributed by atoms with van der Waals surface area (Å²) in [6.07, 6.45) is -2.96. The van der Waals surface area contributed by atoms with Gasteiger partial charge in [-0.2, -0.15) is 13.2 Å². The molecule has 2 aromatic rings. The first kappa shape index (κ1) is 17.8. The van der Waals surface area contributed by atoms with E-state index in [1.807, 2.05) is 19.1 Å². The van der Waals surface area contributed by atoms with Crippen molar-refractivity contribution < 1.29 is 22.7 Å². The van der Waals surface area contributed by atoms with E-state index < -0.39 is 17.8 Å². The Bertz CT molecular complexity index is 682. The fourth-order valence-electron chi connectivity index (χ4n) is 2.19. The number of halogens is 3. The topological polar surface area (TPSA) is 51.2 Å². The Morgan fingerprint density at radius 2 is 1.88 bits per heavy atom. The number of nitrogens with one attached hydrogen (secondary N) is 1. The summed E-state index contributed by atoms with van der Waals surface area (Å²) >= 11 is 0. The third kappa shape index (κ3) is 4.24. The molecule has 0 fully saturated rings. The maximum Gasteiger partial charge on any atom is 0.433 e. The number of ether oxygens (including phenoxy) is 1. The molecular formula is C17H17F3N2O2. The zero-order valence-corrected chi connectivity index (χ0v) is 13.2. The Hall–Kier alpha value is -2.57. The van der Waals surface area contributed by atoms with Gasteiger partial charge in [-0.25, -0.2) is 0 Å². The number of carbonyl (C=O) groups excluding carboxylic acids is 1. The number of pyridine rings is 1. The molecule has 128 valence electrons. The smallest absolute Gasteiger partial charge is 0.433 e. The number of alkyl halides is 3. The van der Waals surface area contributed by atoms with Crippen molar-refractivity contribution in [1.29, 1.82) is 0 Å². The lowest BCUT2D eigenvalue weighted by molar-refractivity contribution is -0.141. The van der Waals surface area contributed by atoms with Crippen molar-refractivity contribution in [2.24, 2.45) is 0 Å². The van der Waals surface area contributed by atoms with Gasteiger partial charge in [-0.1, -0.05) is 19.1 Å². The van der Waals surface area contributed by atoms with Gasteiger partial charge in [0.15, 0.2) is 0 Å². The molecule has 2 rings (SSSR count). The Morgan fingerprint density at radius 3 is 2.33 bits per heavy atom. The highest BCUT2D eigenvalue weighted by Gasteiger charge is 2.32. The average molecular weight is 338 g/mol. The van der Waals surface area contributed by atoms with Gasteiger partial charge in [0.05, 0.1) is 18.7 Å². The number of aromatic nitrogens is 1. The average Bonchev–Trinajstić information content (AvgIpc) is 2.59. The summed E-state index contributed by atoms with van der Waals surface area (Å²) < 4.78 is 42.6. The van der Waals surface area contributed by atoms with Gasteiger partial charge in [0, 0.05) is 6.20 Å². The number of hydrogen-bond acceptors (Lipinski definition) is 3. The first-order chi connectivity index (χ1) is 11.3. The van der Waals surface area contributed by atoms with Crippen LogP contribution in [0.1, 0.15) is 41.0 Å². The van der Waals surface area contributed by atoms with E-state index in [9.17, 15) is 18.0 Å². The van der Waals surface area contributed by atoms with E-state index in [1.165, 1.54) is 0 Å². The van der Waals surface area contributed by atoms with Crippen LogP contribution < -0.4 is 10.1 Å². The molecule has 24 heavy (non-hydrogen) atoms. The Balaban J connectivity index is 2.11. The quantitative estimate of drug-likeness (QED) is 0.897. The van der Waals surface area contributed by atoms with E-state index in [0.717, 1.165) is 23.9 Å². The number of methoxy groups -OCH3 is 1. The second kappa shape index (κ2) is 7.33. The molecule has 0 aliphatic rings. The van der Waals surface area contributed by atoms with Crippen molar-refractivity contribution >= 4 is 5.91 Å². The molecule has 0 bridgehead atoms. The van der Waals surface area contributed by atoms with Gasteiger partial charge >= 0.3 is 6.18 Å². The van der Waals surface area contributed by atoms with E-state index in [2.05, 4.69) is 10.3 Å². The van der Waals surface area contributed by atoms with E-state index >= 15 is 0 Å². The van der Waals surface area contributed by atoms with Crippen molar-refractivity contribution in [3.63, 3.8) is 0 Å². The number of amides is 1. The highest BCUT2D eigenvalue weighted by atomic mass is 19.4. The molecule has 0 aliphatic carbocycles. The summed E-state index contributed by atoms with van der Waals surface area (Å²) in [5.41, 5.74) is -0.0669. The summed E-state index contributed by atoms with van der Waals surface area (Å²) in [7, 11) is 1.56. The lowest BCUT2D eigenvalue weighted by Crippen LogP contribution is -2.28. The summed E-state index contributed by atoms with van der Waals surface area (Å²) in [6.45, 7) is 1.90. The van der Waals surface area contributed by atoms with Gasteiger partial charge in [-0.15, -0.1) is 0 Å². The number of hydrogen-bond donors (Lipinski definition) is 1. The molecule has 1 amide bonds. The van der Waals surface area contributed by atoms with E-state index in [1.54, 1.807) is 19.2 Å². The van der Waals surface area contributed by atoms with Crippen LogP contribution >= 0.6 is 0 Å². The SMILES string of the molecule is CCC(NC(=O)c1ccc(C(F)(F)F)nc1)c1ccc(OC)cc1. The van der Waals surface area contributed by atoms with E-state index in [0.29, 0.717) is 12.2 Å². The molecule has 0 saturated carbocycles. The molecule has 7 heteroatoms. The standard InChI is InChI=1S/C17H17F3N2O2/c1-3-14(11-4-7-13(24-2)8-5-11)22-16(23)12-6-9-15(21-10-12)17(18,19)20/h4-10,14H,3H2,1-2H3,(H,22,23). The fourth-order valence-corrected chi connectivity index (χ4v) is 2.19. The monoisotopic (exact) mass is 338 g/mol. The second-order valence-electron chi connectivity index (χ2n) is 5.14. The third-order valence-corrected chi connectivity index (χ3v) is 3.55. The van der Waals surface area contributed by atoms with Gasteiger partial charge < -0.3 is 10.1 Å². The molecular weight excluding hydrogens is 321 g/mol. The minimum absolute atomic E-state index is 0.0787. The van der Waals surface area contributed by atoms with E-state index in [4.69, 9.17) is 4.74 Å². The van der Waals surface area contributed by atoms with Crippen LogP contribution in [0, 0.1) is 0 Å². The lowest BCUT2D eigenvalue weighted by Gasteiger charge is -2.18. The first-order valence-corrected chi connectivity index (χ1v) is 7.33. The van der Waals surface area contributed by atoms with Gasteiger partial charge in [0.2, 0.25) is 0 Å². The van der Waals surface area contributed by atoms with Crippen LogP contribution in [0.5, 0.6) is 5.75 Å². The molecule has 0 radical (unpaired) electrons. The summed E-state index contributed by atoms with van der Waals surface area (Å²) in [5, 5.41) is 2.79. The summed E-state index contributed by atoms with van der Waals surface area (Å²) in [4.78, 5) is 15.5. The van der Waals surface area contributed by atoms with Crippen LogP contribution in [0.15, 0.2) is 42.6 Å². The zero-order chi connectivity index (χ0) is 17.7. The summed E-state index contributed by atoms with van der Waals surface area (Å²) in [6, 6.07) is 8.88. The van der Waals surface area contributed by atoms with Crippen LogP contribution in [-0.4, -0.2) is 18.0 Å². The van der Waals surface area contributed by atoms with Crippen LogP contribution in [0.4, 0.5) is 13.2 Å². The molecule has 0 saturated heterocycles. The van der Waals surface area contributed by atoms with Gasteiger partial charge in [-0.3, -0.25) is 9.78 Å². The van der Waals surface area contributed by atoms with Crippen molar-refractivity contribution in [1.82, 2.24) is 10.3 Å². The lowest BCUT2D eigenvalue weighted by atomic mass is 10.0. The Morgan fingerprint density at radius 1 is 1.21 bits per heavy atom. The zero-order valence-electron chi connectivity index (χ0n) is 13.2. The number of benzene rings is 1. The molecule has 1 aromatic heterocycles. The minimum Gasteiger partial charge on any atom is -0.497 e. The minimum atomic E-state index is -4.52.